The fraction of sp³-hybridized carbons (Fsp3) is 0.111. The molecular weight excluding hydrogens is 276 g/mol. The summed E-state index contributed by atoms with van der Waals surface area (Å²) in [7, 11) is 1.60. The quantitative estimate of drug-likeness (QED) is 0.801. The number of carbonyl (C=O) groups excluding carboxylic acids is 1. The van der Waals surface area contributed by atoms with E-state index >= 15 is 0 Å². The maximum Gasteiger partial charge on any atom is 0.228 e. The van der Waals surface area contributed by atoms with Crippen molar-refractivity contribution in [3.8, 4) is 5.75 Å². The normalized spacial score (nSPS) is 10.4. The number of benzene rings is 2. The van der Waals surface area contributed by atoms with E-state index in [4.69, 9.17) is 4.74 Å². The molecule has 0 atom stereocenters. The second-order valence-corrected chi connectivity index (χ2v) is 4.92. The van der Waals surface area contributed by atoms with Crippen molar-refractivity contribution >= 4 is 22.5 Å². The van der Waals surface area contributed by atoms with Crippen LogP contribution in [0.5, 0.6) is 5.75 Å². The summed E-state index contributed by atoms with van der Waals surface area (Å²) in [6.45, 7) is 0. The SMILES string of the molecule is COc1ccccc1CC(=O)Nc1cccc2cccnc12. The number of pyridine rings is 1. The number of aromatic nitrogens is 1. The van der Waals surface area contributed by atoms with Crippen molar-refractivity contribution < 1.29 is 9.53 Å². The Hall–Kier alpha value is -2.88. The van der Waals surface area contributed by atoms with Crippen molar-refractivity contribution in [1.29, 1.82) is 0 Å². The molecule has 0 aliphatic carbocycles. The minimum Gasteiger partial charge on any atom is -0.496 e. The van der Waals surface area contributed by atoms with Gasteiger partial charge in [0.25, 0.3) is 0 Å². The van der Waals surface area contributed by atoms with Gasteiger partial charge in [-0.15, -0.1) is 0 Å². The molecular formula is C18H16N2O2. The lowest BCUT2D eigenvalue weighted by molar-refractivity contribution is -0.115. The van der Waals surface area contributed by atoms with Crippen molar-refractivity contribution in [1.82, 2.24) is 4.98 Å². The van der Waals surface area contributed by atoms with Gasteiger partial charge in [0.1, 0.15) is 5.75 Å². The number of para-hydroxylation sites is 2. The van der Waals surface area contributed by atoms with Crippen molar-refractivity contribution in [2.45, 2.75) is 6.42 Å². The van der Waals surface area contributed by atoms with Crippen LogP contribution >= 0.6 is 0 Å². The van der Waals surface area contributed by atoms with E-state index in [1.54, 1.807) is 13.3 Å². The molecule has 0 aliphatic rings. The summed E-state index contributed by atoms with van der Waals surface area (Å²) in [5.41, 5.74) is 2.37. The Bertz CT molecular complexity index is 810. The highest BCUT2D eigenvalue weighted by Crippen LogP contribution is 2.22. The highest BCUT2D eigenvalue weighted by Gasteiger charge is 2.10. The van der Waals surface area contributed by atoms with Crippen LogP contribution in [0, 0.1) is 0 Å². The fourth-order valence-corrected chi connectivity index (χ4v) is 2.42. The topological polar surface area (TPSA) is 51.2 Å². The predicted molar refractivity (Wildman–Crippen MR) is 87.1 cm³/mol. The number of nitrogens with zero attached hydrogens (tertiary/aromatic N) is 1. The number of anilines is 1. The second-order valence-electron chi connectivity index (χ2n) is 4.92. The van der Waals surface area contributed by atoms with Crippen molar-refractivity contribution in [2.75, 3.05) is 12.4 Å². The Balaban J connectivity index is 1.82. The molecule has 2 aromatic carbocycles. The zero-order valence-electron chi connectivity index (χ0n) is 12.2. The molecule has 1 heterocycles. The number of hydrogen-bond donors (Lipinski definition) is 1. The van der Waals surface area contributed by atoms with E-state index in [1.807, 2.05) is 54.6 Å². The van der Waals surface area contributed by atoms with E-state index in [-0.39, 0.29) is 12.3 Å². The van der Waals surface area contributed by atoms with Crippen LogP contribution < -0.4 is 10.1 Å². The van der Waals surface area contributed by atoms with Crippen molar-refractivity contribution in [3.05, 3.63) is 66.4 Å². The third kappa shape index (κ3) is 2.91. The van der Waals surface area contributed by atoms with E-state index in [1.165, 1.54) is 0 Å². The van der Waals surface area contributed by atoms with Crippen LogP contribution in [-0.2, 0) is 11.2 Å². The molecule has 3 aromatic rings. The molecule has 4 nitrogen and oxygen atoms in total. The number of rotatable bonds is 4. The van der Waals surface area contributed by atoms with Crippen LogP contribution in [0.3, 0.4) is 0 Å². The maximum absolute atomic E-state index is 12.3. The van der Waals surface area contributed by atoms with Gasteiger partial charge < -0.3 is 10.1 Å². The zero-order valence-corrected chi connectivity index (χ0v) is 12.2. The zero-order chi connectivity index (χ0) is 15.4. The van der Waals surface area contributed by atoms with Gasteiger partial charge in [0.15, 0.2) is 0 Å². The molecule has 0 spiro atoms. The average Bonchev–Trinajstić information content (AvgIpc) is 2.55. The van der Waals surface area contributed by atoms with Crippen LogP contribution in [0.25, 0.3) is 10.9 Å². The van der Waals surface area contributed by atoms with Gasteiger partial charge in [0.05, 0.1) is 24.7 Å². The van der Waals surface area contributed by atoms with Gasteiger partial charge in [-0.25, -0.2) is 0 Å². The summed E-state index contributed by atoms with van der Waals surface area (Å²) >= 11 is 0. The summed E-state index contributed by atoms with van der Waals surface area (Å²) in [4.78, 5) is 16.6. The van der Waals surface area contributed by atoms with Crippen molar-refractivity contribution in [3.63, 3.8) is 0 Å². The molecule has 0 aliphatic heterocycles. The van der Waals surface area contributed by atoms with Gasteiger partial charge in [-0.1, -0.05) is 36.4 Å². The molecule has 0 unspecified atom stereocenters. The third-order valence-corrected chi connectivity index (χ3v) is 3.45. The van der Waals surface area contributed by atoms with Crippen LogP contribution in [-0.4, -0.2) is 18.0 Å². The third-order valence-electron chi connectivity index (χ3n) is 3.45. The average molecular weight is 292 g/mol. The lowest BCUT2D eigenvalue weighted by Crippen LogP contribution is -2.15. The first-order valence-electron chi connectivity index (χ1n) is 7.03. The van der Waals surface area contributed by atoms with Gasteiger partial charge in [-0.3, -0.25) is 9.78 Å². The summed E-state index contributed by atoms with van der Waals surface area (Å²) in [6.07, 6.45) is 1.98. The van der Waals surface area contributed by atoms with Crippen LogP contribution in [0.1, 0.15) is 5.56 Å². The molecule has 0 saturated heterocycles. The standard InChI is InChI=1S/C18H16N2O2/c1-22-16-10-3-2-6-14(16)12-17(21)20-15-9-4-7-13-8-5-11-19-18(13)15/h2-11H,12H2,1H3,(H,20,21). The van der Waals surface area contributed by atoms with Crippen molar-refractivity contribution in [2.24, 2.45) is 0 Å². The molecule has 22 heavy (non-hydrogen) atoms. The lowest BCUT2D eigenvalue weighted by atomic mass is 10.1. The van der Waals surface area contributed by atoms with E-state index in [0.29, 0.717) is 5.75 Å². The number of nitrogens with one attached hydrogen (secondary N) is 1. The van der Waals surface area contributed by atoms with E-state index in [9.17, 15) is 4.79 Å². The Kier molecular flexibility index (Phi) is 4.01. The number of carbonyl (C=O) groups is 1. The molecule has 0 radical (unpaired) electrons. The van der Waals surface area contributed by atoms with Crippen LogP contribution in [0.2, 0.25) is 0 Å². The lowest BCUT2D eigenvalue weighted by Gasteiger charge is -2.10. The first-order chi connectivity index (χ1) is 10.8. The molecule has 0 saturated carbocycles. The first-order valence-corrected chi connectivity index (χ1v) is 7.03. The van der Waals surface area contributed by atoms with Gasteiger partial charge in [0.2, 0.25) is 5.91 Å². The smallest absolute Gasteiger partial charge is 0.228 e. The Morgan fingerprint density at radius 3 is 2.77 bits per heavy atom. The number of ether oxygens (including phenoxy) is 1. The van der Waals surface area contributed by atoms with E-state index in [0.717, 1.165) is 22.2 Å². The minimum atomic E-state index is -0.0948. The second kappa shape index (κ2) is 6.26. The van der Waals surface area contributed by atoms with Crippen LogP contribution in [0.4, 0.5) is 5.69 Å². The summed E-state index contributed by atoms with van der Waals surface area (Å²) < 4.78 is 5.27. The first kappa shape index (κ1) is 14.1. The van der Waals surface area contributed by atoms with Gasteiger partial charge in [-0.2, -0.15) is 0 Å². The van der Waals surface area contributed by atoms with E-state index < -0.39 is 0 Å². The Morgan fingerprint density at radius 1 is 1.09 bits per heavy atom. The monoisotopic (exact) mass is 292 g/mol. The molecule has 0 bridgehead atoms. The summed E-state index contributed by atoms with van der Waals surface area (Å²) in [6, 6.07) is 17.1. The largest absolute Gasteiger partial charge is 0.496 e. The number of hydrogen-bond acceptors (Lipinski definition) is 3. The molecule has 4 heteroatoms. The van der Waals surface area contributed by atoms with Crippen LogP contribution in [0.15, 0.2) is 60.8 Å². The Labute approximate surface area is 128 Å². The molecule has 0 fully saturated rings. The molecule has 1 N–H and O–H groups in total. The van der Waals surface area contributed by atoms with Gasteiger partial charge in [-0.05, 0) is 18.2 Å². The maximum atomic E-state index is 12.3. The highest BCUT2D eigenvalue weighted by molar-refractivity contribution is 6.00. The fourth-order valence-electron chi connectivity index (χ4n) is 2.42. The number of fused-ring (bicyclic) bond motifs is 1. The number of amides is 1. The summed E-state index contributed by atoms with van der Waals surface area (Å²) in [5, 5.41) is 3.93. The highest BCUT2D eigenvalue weighted by atomic mass is 16.5. The Morgan fingerprint density at radius 2 is 1.91 bits per heavy atom. The molecule has 1 aromatic heterocycles. The summed E-state index contributed by atoms with van der Waals surface area (Å²) in [5.74, 6) is 0.622. The van der Waals surface area contributed by atoms with Gasteiger partial charge >= 0.3 is 0 Å². The molecule has 1 amide bonds. The van der Waals surface area contributed by atoms with Gasteiger partial charge in [0, 0.05) is 17.1 Å². The predicted octanol–water partition coefficient (Wildman–Crippen LogP) is 3.42. The van der Waals surface area contributed by atoms with E-state index in [2.05, 4.69) is 10.3 Å². The molecule has 3 rings (SSSR count). The molecule has 110 valence electrons. The number of methoxy groups -OCH3 is 1. The minimum absolute atomic E-state index is 0.0948.